The number of hydrogen-bond acceptors (Lipinski definition) is 3. The van der Waals surface area contributed by atoms with Gasteiger partial charge in [0.15, 0.2) is 0 Å². The summed E-state index contributed by atoms with van der Waals surface area (Å²) in [7, 11) is 1.61. The maximum Gasteiger partial charge on any atom is 0.257 e. The largest absolute Gasteiger partial charge is 0.497 e. The predicted molar refractivity (Wildman–Crippen MR) is 74.4 cm³/mol. The zero-order chi connectivity index (χ0) is 13.2. The number of H-pyrrole nitrogens is 1. The third kappa shape index (κ3) is 2.08. The van der Waals surface area contributed by atoms with Crippen molar-refractivity contribution in [1.82, 2.24) is 9.97 Å². The van der Waals surface area contributed by atoms with E-state index in [4.69, 9.17) is 4.74 Å². The monoisotopic (exact) mass is 252 g/mol. The van der Waals surface area contributed by atoms with Gasteiger partial charge >= 0.3 is 0 Å². The van der Waals surface area contributed by atoms with Gasteiger partial charge in [0.05, 0.1) is 7.11 Å². The van der Waals surface area contributed by atoms with Gasteiger partial charge in [-0.3, -0.25) is 4.79 Å². The topological polar surface area (TPSA) is 55.0 Å². The Balaban J connectivity index is 2.18. The van der Waals surface area contributed by atoms with Gasteiger partial charge in [0.1, 0.15) is 11.4 Å². The Bertz CT molecular complexity index is 776. The van der Waals surface area contributed by atoms with Crippen LogP contribution in [-0.2, 0) is 0 Å². The number of aromatic amines is 1. The van der Waals surface area contributed by atoms with Crippen molar-refractivity contribution in [2.24, 2.45) is 0 Å². The van der Waals surface area contributed by atoms with E-state index in [1.807, 2.05) is 42.5 Å². The van der Waals surface area contributed by atoms with Gasteiger partial charge in [-0.1, -0.05) is 12.1 Å². The van der Waals surface area contributed by atoms with Gasteiger partial charge in [0.2, 0.25) is 0 Å². The predicted octanol–water partition coefficient (Wildman–Crippen LogP) is 2.60. The molecule has 3 rings (SSSR count). The highest BCUT2D eigenvalue weighted by atomic mass is 16.5. The fraction of sp³-hybridized carbons (Fsp3) is 0.0667. The number of methoxy groups -OCH3 is 1. The van der Waals surface area contributed by atoms with E-state index in [1.165, 1.54) is 0 Å². The third-order valence-corrected chi connectivity index (χ3v) is 3.02. The number of aromatic nitrogens is 2. The maximum atomic E-state index is 12.1. The van der Waals surface area contributed by atoms with Gasteiger partial charge in [-0.25, -0.2) is 4.98 Å². The van der Waals surface area contributed by atoms with Crippen molar-refractivity contribution in [2.75, 3.05) is 7.11 Å². The first-order valence-corrected chi connectivity index (χ1v) is 5.90. The number of fused-ring (bicyclic) bond motifs is 1. The number of nitrogens with zero attached hydrogens (tertiary/aromatic N) is 1. The molecule has 0 aliphatic rings. The quantitative estimate of drug-likeness (QED) is 0.762. The molecule has 0 bridgehead atoms. The average Bonchev–Trinajstić information content (AvgIpc) is 2.47. The fourth-order valence-corrected chi connectivity index (χ4v) is 2.02. The number of pyridine rings is 2. The summed E-state index contributed by atoms with van der Waals surface area (Å²) in [5.74, 6) is 0.766. The minimum absolute atomic E-state index is 0.142. The molecule has 0 spiro atoms. The molecule has 0 fully saturated rings. The normalized spacial score (nSPS) is 10.6. The van der Waals surface area contributed by atoms with Crippen molar-refractivity contribution in [2.45, 2.75) is 0 Å². The van der Waals surface area contributed by atoms with Gasteiger partial charge in [-0.05, 0) is 35.9 Å². The molecule has 0 aliphatic heterocycles. The second-order valence-corrected chi connectivity index (χ2v) is 4.18. The lowest BCUT2D eigenvalue weighted by molar-refractivity contribution is 0.415. The Labute approximate surface area is 109 Å². The van der Waals surface area contributed by atoms with Crippen LogP contribution in [0.5, 0.6) is 5.75 Å². The molecule has 94 valence electrons. The van der Waals surface area contributed by atoms with E-state index in [1.54, 1.807) is 13.3 Å². The Kier molecular flexibility index (Phi) is 2.76. The zero-order valence-corrected chi connectivity index (χ0v) is 10.4. The Morgan fingerprint density at radius 2 is 1.95 bits per heavy atom. The van der Waals surface area contributed by atoms with Crippen LogP contribution in [0.25, 0.3) is 22.2 Å². The highest BCUT2D eigenvalue weighted by molar-refractivity contribution is 5.80. The molecule has 0 radical (unpaired) electrons. The fourth-order valence-electron chi connectivity index (χ4n) is 2.02. The van der Waals surface area contributed by atoms with Crippen LogP contribution in [0.2, 0.25) is 0 Å². The van der Waals surface area contributed by atoms with E-state index in [9.17, 15) is 4.79 Å². The van der Waals surface area contributed by atoms with Crippen molar-refractivity contribution in [3.8, 4) is 16.9 Å². The molecule has 0 atom stereocenters. The van der Waals surface area contributed by atoms with Crippen LogP contribution in [0.3, 0.4) is 0 Å². The number of ether oxygens (including phenoxy) is 1. The van der Waals surface area contributed by atoms with Gasteiger partial charge in [0.25, 0.3) is 5.56 Å². The van der Waals surface area contributed by atoms with Crippen molar-refractivity contribution >= 4 is 11.0 Å². The average molecular weight is 252 g/mol. The van der Waals surface area contributed by atoms with Gasteiger partial charge in [0, 0.05) is 17.1 Å². The summed E-state index contributed by atoms with van der Waals surface area (Å²) in [5.41, 5.74) is 1.94. The summed E-state index contributed by atoms with van der Waals surface area (Å²) >= 11 is 0. The molecule has 19 heavy (non-hydrogen) atoms. The van der Waals surface area contributed by atoms with Crippen molar-refractivity contribution < 1.29 is 4.74 Å². The number of benzene rings is 1. The highest BCUT2D eigenvalue weighted by Gasteiger charge is 2.06. The van der Waals surface area contributed by atoms with Gasteiger partial charge < -0.3 is 9.72 Å². The third-order valence-electron chi connectivity index (χ3n) is 3.02. The Hall–Kier alpha value is -2.62. The molecule has 1 aromatic carbocycles. The molecule has 3 aromatic rings. The highest BCUT2D eigenvalue weighted by Crippen LogP contribution is 2.21. The van der Waals surface area contributed by atoms with Crippen LogP contribution in [-0.4, -0.2) is 17.1 Å². The van der Waals surface area contributed by atoms with E-state index in [0.29, 0.717) is 11.2 Å². The van der Waals surface area contributed by atoms with Crippen LogP contribution in [0, 0.1) is 0 Å². The van der Waals surface area contributed by atoms with E-state index >= 15 is 0 Å². The molecule has 4 nitrogen and oxygen atoms in total. The first-order valence-electron chi connectivity index (χ1n) is 5.90. The lowest BCUT2D eigenvalue weighted by Crippen LogP contribution is -2.09. The minimum atomic E-state index is -0.142. The van der Waals surface area contributed by atoms with E-state index in [0.717, 1.165) is 16.7 Å². The summed E-state index contributed by atoms with van der Waals surface area (Å²) in [6.45, 7) is 0. The first-order chi connectivity index (χ1) is 9.28. The molecule has 0 saturated heterocycles. The summed E-state index contributed by atoms with van der Waals surface area (Å²) in [5, 5.41) is 0.910. The smallest absolute Gasteiger partial charge is 0.257 e. The number of hydrogen-bond donors (Lipinski definition) is 1. The molecule has 2 heterocycles. The summed E-state index contributed by atoms with van der Waals surface area (Å²) in [4.78, 5) is 19.0. The van der Waals surface area contributed by atoms with Gasteiger partial charge in [-0.15, -0.1) is 0 Å². The van der Waals surface area contributed by atoms with Crippen molar-refractivity contribution in [3.05, 3.63) is 59.0 Å². The molecule has 2 aromatic heterocycles. The lowest BCUT2D eigenvalue weighted by Gasteiger charge is -2.04. The molecule has 4 heteroatoms. The van der Waals surface area contributed by atoms with E-state index in [-0.39, 0.29) is 5.56 Å². The van der Waals surface area contributed by atoms with Crippen LogP contribution in [0.15, 0.2) is 53.5 Å². The molecule has 0 aliphatic carbocycles. The molecule has 0 unspecified atom stereocenters. The maximum absolute atomic E-state index is 12.1. The summed E-state index contributed by atoms with van der Waals surface area (Å²) in [6, 6.07) is 13.0. The standard InChI is InChI=1S/C15H12N2O2/c1-19-12-6-4-10(5-7-12)13-9-11-3-2-8-16-14(11)17-15(13)18/h2-9H,1H3,(H,16,17,18). The van der Waals surface area contributed by atoms with Crippen molar-refractivity contribution in [1.29, 1.82) is 0 Å². The van der Waals surface area contributed by atoms with Crippen LogP contribution in [0.1, 0.15) is 0 Å². The molecular formula is C15H12N2O2. The SMILES string of the molecule is COc1ccc(-c2cc3cccnc3[nH]c2=O)cc1. The van der Waals surface area contributed by atoms with E-state index < -0.39 is 0 Å². The zero-order valence-electron chi connectivity index (χ0n) is 10.4. The number of rotatable bonds is 2. The van der Waals surface area contributed by atoms with Crippen LogP contribution in [0.4, 0.5) is 0 Å². The molecular weight excluding hydrogens is 240 g/mol. The molecule has 1 N–H and O–H groups in total. The van der Waals surface area contributed by atoms with Crippen molar-refractivity contribution in [3.63, 3.8) is 0 Å². The van der Waals surface area contributed by atoms with Gasteiger partial charge in [-0.2, -0.15) is 0 Å². The second-order valence-electron chi connectivity index (χ2n) is 4.18. The second kappa shape index (κ2) is 4.57. The summed E-state index contributed by atoms with van der Waals surface area (Å²) in [6.07, 6.45) is 1.66. The minimum Gasteiger partial charge on any atom is -0.497 e. The molecule has 0 amide bonds. The number of nitrogens with one attached hydrogen (secondary N) is 1. The summed E-state index contributed by atoms with van der Waals surface area (Å²) < 4.78 is 5.11. The molecule has 0 saturated carbocycles. The van der Waals surface area contributed by atoms with E-state index in [2.05, 4.69) is 9.97 Å². The lowest BCUT2D eigenvalue weighted by atomic mass is 10.1. The van der Waals surface area contributed by atoms with Crippen LogP contribution >= 0.6 is 0 Å². The Morgan fingerprint density at radius 1 is 1.16 bits per heavy atom. The first kappa shape index (κ1) is 11.5. The Morgan fingerprint density at radius 3 is 2.68 bits per heavy atom. The van der Waals surface area contributed by atoms with Crippen LogP contribution < -0.4 is 10.3 Å².